The van der Waals surface area contributed by atoms with E-state index >= 15 is 0 Å². The van der Waals surface area contributed by atoms with E-state index in [4.69, 9.17) is 0 Å². The molecule has 1 aromatic rings. The van der Waals surface area contributed by atoms with Gasteiger partial charge in [-0.3, -0.25) is 4.90 Å². The van der Waals surface area contributed by atoms with Crippen molar-refractivity contribution in [2.45, 2.75) is 37.2 Å². The molecule has 2 fully saturated rings. The van der Waals surface area contributed by atoms with Crippen molar-refractivity contribution >= 4 is 19.9 Å². The molecule has 9 heteroatoms. The van der Waals surface area contributed by atoms with Crippen LogP contribution in [0.1, 0.15) is 18.9 Å². The smallest absolute Gasteiger partial charge is 0.243 e. The first-order valence-corrected chi connectivity index (χ1v) is 11.6. The van der Waals surface area contributed by atoms with Crippen LogP contribution in [0.15, 0.2) is 23.1 Å². The number of sulfonamides is 1. The molecule has 2 aliphatic heterocycles. The van der Waals surface area contributed by atoms with Gasteiger partial charge in [0.2, 0.25) is 10.0 Å². The van der Waals surface area contributed by atoms with E-state index in [1.54, 1.807) is 6.92 Å². The number of hydrogen-bond acceptors (Lipinski definition) is 5. The largest absolute Gasteiger partial charge is 0.296 e. The van der Waals surface area contributed by atoms with E-state index in [0.717, 1.165) is 19.0 Å². The number of fused-ring (bicyclic) bond motifs is 1. The third kappa shape index (κ3) is 3.47. The molecule has 25 heavy (non-hydrogen) atoms. The number of halogens is 1. The minimum Gasteiger partial charge on any atom is -0.296 e. The normalized spacial score (nSPS) is 27.3. The average Bonchev–Trinajstić information content (AvgIpc) is 2.82. The Kier molecular flexibility index (Phi) is 4.95. The molecule has 0 spiro atoms. The summed E-state index contributed by atoms with van der Waals surface area (Å²) in [5.74, 6) is -0.658. The number of benzene rings is 1. The van der Waals surface area contributed by atoms with E-state index in [1.807, 2.05) is 6.92 Å². The van der Waals surface area contributed by atoms with Crippen molar-refractivity contribution in [1.29, 1.82) is 0 Å². The van der Waals surface area contributed by atoms with Crippen LogP contribution < -0.4 is 0 Å². The van der Waals surface area contributed by atoms with Gasteiger partial charge in [-0.2, -0.15) is 4.31 Å². The van der Waals surface area contributed by atoms with Crippen molar-refractivity contribution in [2.24, 2.45) is 0 Å². The minimum absolute atomic E-state index is 0.00785. The molecule has 3 rings (SSSR count). The molecule has 0 N–H and O–H groups in total. The fraction of sp³-hybridized carbons (Fsp3) is 0.625. The summed E-state index contributed by atoms with van der Waals surface area (Å²) in [6.07, 6.45) is 0.882. The SMILES string of the molecule is CCCN1CCN(S(=O)(=O)c2ccc(F)cc2C)[C@H]2CS(=O)(=O)C[C@H]21. The van der Waals surface area contributed by atoms with Gasteiger partial charge in [0.05, 0.1) is 22.4 Å². The topological polar surface area (TPSA) is 74.8 Å². The number of sulfone groups is 1. The second-order valence-electron chi connectivity index (χ2n) is 6.77. The molecular formula is C16H23FN2O4S2. The van der Waals surface area contributed by atoms with Gasteiger partial charge in [0.15, 0.2) is 9.84 Å². The summed E-state index contributed by atoms with van der Waals surface area (Å²) in [6, 6.07) is 2.67. The molecule has 2 atom stereocenters. The monoisotopic (exact) mass is 390 g/mol. The van der Waals surface area contributed by atoms with Crippen LogP contribution in [-0.4, -0.2) is 69.3 Å². The Labute approximate surface area is 148 Å². The Morgan fingerprint density at radius 2 is 1.88 bits per heavy atom. The molecule has 0 amide bonds. The molecule has 2 aliphatic rings. The van der Waals surface area contributed by atoms with Crippen LogP contribution in [0.2, 0.25) is 0 Å². The zero-order valence-electron chi connectivity index (χ0n) is 14.4. The maximum atomic E-state index is 13.3. The van der Waals surface area contributed by atoms with Crippen LogP contribution in [0.4, 0.5) is 4.39 Å². The van der Waals surface area contributed by atoms with E-state index in [0.29, 0.717) is 12.1 Å². The molecule has 1 aromatic carbocycles. The molecular weight excluding hydrogens is 367 g/mol. The van der Waals surface area contributed by atoms with Crippen molar-refractivity contribution in [1.82, 2.24) is 9.21 Å². The highest BCUT2D eigenvalue weighted by molar-refractivity contribution is 7.92. The van der Waals surface area contributed by atoms with Gasteiger partial charge in [-0.25, -0.2) is 21.2 Å². The van der Waals surface area contributed by atoms with E-state index in [2.05, 4.69) is 4.90 Å². The fourth-order valence-electron chi connectivity index (χ4n) is 3.88. The number of nitrogens with zero attached hydrogens (tertiary/aromatic N) is 2. The van der Waals surface area contributed by atoms with Gasteiger partial charge >= 0.3 is 0 Å². The fourth-order valence-corrected chi connectivity index (χ4v) is 7.84. The number of hydrogen-bond donors (Lipinski definition) is 0. The second-order valence-corrected chi connectivity index (χ2v) is 10.8. The number of piperazine rings is 1. The van der Waals surface area contributed by atoms with Crippen LogP contribution >= 0.6 is 0 Å². The minimum atomic E-state index is -3.88. The molecule has 2 saturated heterocycles. The summed E-state index contributed by atoms with van der Waals surface area (Å²) in [7, 11) is -7.16. The Balaban J connectivity index is 1.99. The predicted octanol–water partition coefficient (Wildman–Crippen LogP) is 1.02. The van der Waals surface area contributed by atoms with Crippen LogP contribution in [0.25, 0.3) is 0 Å². The number of rotatable bonds is 4. The lowest BCUT2D eigenvalue weighted by Crippen LogP contribution is -2.60. The Morgan fingerprint density at radius 1 is 1.20 bits per heavy atom. The summed E-state index contributed by atoms with van der Waals surface area (Å²) in [6.45, 7) is 5.07. The molecule has 0 aliphatic carbocycles. The van der Waals surface area contributed by atoms with Crippen molar-refractivity contribution in [3.8, 4) is 0 Å². The van der Waals surface area contributed by atoms with Gasteiger partial charge in [-0.1, -0.05) is 6.92 Å². The zero-order chi connectivity index (χ0) is 18.4. The van der Waals surface area contributed by atoms with Crippen LogP contribution in [-0.2, 0) is 19.9 Å². The molecule has 0 bridgehead atoms. The van der Waals surface area contributed by atoms with Crippen LogP contribution in [0, 0.1) is 12.7 Å². The van der Waals surface area contributed by atoms with Gasteiger partial charge in [0, 0.05) is 19.1 Å². The van der Waals surface area contributed by atoms with Crippen molar-refractivity contribution in [2.75, 3.05) is 31.1 Å². The third-order valence-corrected chi connectivity index (χ3v) is 8.76. The van der Waals surface area contributed by atoms with Crippen molar-refractivity contribution in [3.05, 3.63) is 29.6 Å². The molecule has 6 nitrogen and oxygen atoms in total. The highest BCUT2D eigenvalue weighted by Crippen LogP contribution is 2.32. The van der Waals surface area contributed by atoms with Gasteiger partial charge in [0.25, 0.3) is 0 Å². The summed E-state index contributed by atoms with van der Waals surface area (Å²) in [5, 5.41) is 0. The summed E-state index contributed by atoms with van der Waals surface area (Å²) in [5.41, 5.74) is 0.327. The predicted molar refractivity (Wildman–Crippen MR) is 93.1 cm³/mol. The van der Waals surface area contributed by atoms with Crippen LogP contribution in [0.3, 0.4) is 0 Å². The second kappa shape index (κ2) is 6.61. The van der Waals surface area contributed by atoms with E-state index < -0.39 is 31.7 Å². The van der Waals surface area contributed by atoms with Gasteiger partial charge < -0.3 is 0 Å². The molecule has 140 valence electrons. The number of aryl methyl sites for hydroxylation is 1. The first-order chi connectivity index (χ1) is 11.7. The van der Waals surface area contributed by atoms with E-state index in [9.17, 15) is 21.2 Å². The first-order valence-electron chi connectivity index (χ1n) is 8.38. The third-order valence-electron chi connectivity index (χ3n) is 4.97. The molecule has 2 heterocycles. The molecule has 0 saturated carbocycles. The molecule has 0 unspecified atom stereocenters. The maximum Gasteiger partial charge on any atom is 0.243 e. The average molecular weight is 391 g/mol. The van der Waals surface area contributed by atoms with Crippen LogP contribution in [0.5, 0.6) is 0 Å². The standard InChI is InChI=1S/C16H23FN2O4S2/c1-3-6-18-7-8-19(15-11-24(20,21)10-14(15)18)25(22,23)16-5-4-13(17)9-12(16)2/h4-5,9,14-15H,3,6-8,10-11H2,1-2H3/t14-,15+/m1/s1. The van der Waals surface area contributed by atoms with E-state index in [1.165, 1.54) is 16.4 Å². The maximum absolute atomic E-state index is 13.3. The van der Waals surface area contributed by atoms with Crippen molar-refractivity contribution in [3.63, 3.8) is 0 Å². The van der Waals surface area contributed by atoms with Gasteiger partial charge in [-0.15, -0.1) is 0 Å². The summed E-state index contributed by atoms with van der Waals surface area (Å²) >= 11 is 0. The first kappa shape index (κ1) is 18.8. The van der Waals surface area contributed by atoms with Gasteiger partial charge in [0.1, 0.15) is 5.82 Å². The lowest BCUT2D eigenvalue weighted by molar-refractivity contribution is 0.0956. The highest BCUT2D eigenvalue weighted by atomic mass is 32.2. The zero-order valence-corrected chi connectivity index (χ0v) is 16.0. The Hall–Kier alpha value is -1.03. The Morgan fingerprint density at radius 3 is 2.52 bits per heavy atom. The lowest BCUT2D eigenvalue weighted by Gasteiger charge is -2.43. The highest BCUT2D eigenvalue weighted by Gasteiger charge is 2.50. The quantitative estimate of drug-likeness (QED) is 0.767. The Bertz CT molecular complexity index is 870. The summed E-state index contributed by atoms with van der Waals surface area (Å²) in [4.78, 5) is 2.12. The summed E-state index contributed by atoms with van der Waals surface area (Å²) < 4.78 is 65.2. The lowest BCUT2D eigenvalue weighted by atomic mass is 10.1. The molecule has 0 aromatic heterocycles. The van der Waals surface area contributed by atoms with E-state index in [-0.39, 0.29) is 29.0 Å². The van der Waals surface area contributed by atoms with Crippen molar-refractivity contribution < 1.29 is 21.2 Å². The molecule has 0 radical (unpaired) electrons. The van der Waals surface area contributed by atoms with Gasteiger partial charge in [-0.05, 0) is 43.7 Å².